The van der Waals surface area contributed by atoms with Gasteiger partial charge in [0.1, 0.15) is 10.6 Å². The van der Waals surface area contributed by atoms with E-state index in [-0.39, 0.29) is 16.4 Å². The summed E-state index contributed by atoms with van der Waals surface area (Å²) >= 11 is 0. The maximum atomic E-state index is 13.0. The van der Waals surface area contributed by atoms with Gasteiger partial charge in [0, 0.05) is 6.54 Å². The molecule has 0 saturated heterocycles. The molecule has 0 amide bonds. The van der Waals surface area contributed by atoms with Gasteiger partial charge in [0.25, 0.3) is 10.0 Å². The Morgan fingerprint density at radius 1 is 1.07 bits per heavy atom. The van der Waals surface area contributed by atoms with Gasteiger partial charge in [0.2, 0.25) is 10.0 Å². The minimum atomic E-state index is -3.92. The molecule has 0 saturated carbocycles. The third-order valence-electron chi connectivity index (χ3n) is 5.04. The van der Waals surface area contributed by atoms with E-state index in [0.29, 0.717) is 24.3 Å². The van der Waals surface area contributed by atoms with E-state index in [0.717, 1.165) is 24.0 Å². The number of anilines is 2. The van der Waals surface area contributed by atoms with Crippen LogP contribution >= 0.6 is 0 Å². The molecule has 7 nitrogen and oxygen atoms in total. The molecule has 0 bridgehead atoms. The third kappa shape index (κ3) is 4.35. The lowest BCUT2D eigenvalue weighted by atomic mass is 10.0. The Labute approximate surface area is 172 Å². The summed E-state index contributed by atoms with van der Waals surface area (Å²) in [5, 5.41) is 0. The predicted molar refractivity (Wildman–Crippen MR) is 115 cm³/mol. The molecule has 0 fully saturated rings. The highest BCUT2D eigenvalue weighted by atomic mass is 32.2. The van der Waals surface area contributed by atoms with Gasteiger partial charge in [0.05, 0.1) is 24.2 Å². The van der Waals surface area contributed by atoms with Gasteiger partial charge in [-0.3, -0.25) is 9.03 Å². The Morgan fingerprint density at radius 3 is 2.48 bits per heavy atom. The molecule has 29 heavy (non-hydrogen) atoms. The smallest absolute Gasteiger partial charge is 0.265 e. The molecule has 0 aromatic heterocycles. The molecule has 3 rings (SSSR count). The van der Waals surface area contributed by atoms with Crippen LogP contribution < -0.4 is 13.8 Å². The first kappa shape index (κ1) is 21.4. The zero-order chi connectivity index (χ0) is 21.2. The number of methoxy groups -OCH3 is 1. The van der Waals surface area contributed by atoms with Crippen molar-refractivity contribution in [2.45, 2.75) is 38.0 Å². The summed E-state index contributed by atoms with van der Waals surface area (Å²) in [6, 6.07) is 10.1. The summed E-state index contributed by atoms with van der Waals surface area (Å²) in [6.07, 6.45) is 2.18. The van der Waals surface area contributed by atoms with E-state index in [2.05, 4.69) is 4.72 Å². The molecule has 0 aliphatic carbocycles. The van der Waals surface area contributed by atoms with Crippen LogP contribution in [0.15, 0.2) is 41.3 Å². The molecule has 1 aliphatic heterocycles. The number of aryl methyl sites for hydroxylation is 2. The lowest BCUT2D eigenvalue weighted by Crippen LogP contribution is -2.36. The molecule has 0 spiro atoms. The van der Waals surface area contributed by atoms with E-state index in [1.165, 1.54) is 11.4 Å². The molecule has 0 radical (unpaired) electrons. The molecule has 158 valence electrons. The van der Waals surface area contributed by atoms with Crippen molar-refractivity contribution in [3.05, 3.63) is 47.5 Å². The van der Waals surface area contributed by atoms with Crippen molar-refractivity contribution < 1.29 is 21.6 Å². The molecule has 0 atom stereocenters. The van der Waals surface area contributed by atoms with Crippen LogP contribution in [0, 0.1) is 0 Å². The lowest BCUT2D eigenvalue weighted by molar-refractivity contribution is 0.402. The van der Waals surface area contributed by atoms with Crippen molar-refractivity contribution in [3.63, 3.8) is 0 Å². The van der Waals surface area contributed by atoms with Crippen LogP contribution in [0.5, 0.6) is 5.75 Å². The minimum absolute atomic E-state index is 0.0105. The minimum Gasteiger partial charge on any atom is -0.495 e. The van der Waals surface area contributed by atoms with Gasteiger partial charge in [-0.15, -0.1) is 0 Å². The average molecular weight is 439 g/mol. The van der Waals surface area contributed by atoms with E-state index in [1.54, 1.807) is 37.3 Å². The normalized spacial score (nSPS) is 14.4. The Kier molecular flexibility index (Phi) is 6.09. The zero-order valence-corrected chi connectivity index (χ0v) is 18.4. The fourth-order valence-corrected chi connectivity index (χ4v) is 5.87. The van der Waals surface area contributed by atoms with Gasteiger partial charge in [-0.2, -0.15) is 0 Å². The highest BCUT2D eigenvalue weighted by Gasteiger charge is 2.27. The molecule has 0 unspecified atom stereocenters. The van der Waals surface area contributed by atoms with Gasteiger partial charge >= 0.3 is 0 Å². The average Bonchev–Trinajstić information content (AvgIpc) is 2.72. The van der Waals surface area contributed by atoms with E-state index in [1.807, 2.05) is 13.0 Å². The number of rotatable bonds is 7. The molecule has 1 aliphatic rings. The first-order chi connectivity index (χ1) is 13.7. The lowest BCUT2D eigenvalue weighted by Gasteiger charge is -2.30. The van der Waals surface area contributed by atoms with Crippen LogP contribution in [0.25, 0.3) is 0 Å². The number of benzene rings is 2. The monoisotopic (exact) mass is 438 g/mol. The highest BCUT2D eigenvalue weighted by Crippen LogP contribution is 2.34. The van der Waals surface area contributed by atoms with Crippen molar-refractivity contribution in [1.29, 1.82) is 0 Å². The summed E-state index contributed by atoms with van der Waals surface area (Å²) in [4.78, 5) is 0.0510. The highest BCUT2D eigenvalue weighted by molar-refractivity contribution is 7.93. The van der Waals surface area contributed by atoms with Gasteiger partial charge < -0.3 is 4.74 Å². The Balaban J connectivity index is 2.00. The van der Waals surface area contributed by atoms with Crippen LogP contribution in [0.1, 0.15) is 31.4 Å². The van der Waals surface area contributed by atoms with Crippen molar-refractivity contribution in [1.82, 2.24) is 0 Å². The van der Waals surface area contributed by atoms with E-state index in [9.17, 15) is 16.8 Å². The number of hydrogen-bond donors (Lipinski definition) is 1. The number of nitrogens with zero attached hydrogens (tertiary/aromatic N) is 1. The fraction of sp³-hybridized carbons (Fsp3) is 0.400. The quantitative estimate of drug-likeness (QED) is 0.717. The van der Waals surface area contributed by atoms with Gasteiger partial charge in [0.15, 0.2) is 0 Å². The fourth-order valence-electron chi connectivity index (χ4n) is 3.41. The molecule has 1 heterocycles. The maximum Gasteiger partial charge on any atom is 0.265 e. The number of fused-ring (bicyclic) bond motifs is 1. The van der Waals surface area contributed by atoms with E-state index >= 15 is 0 Å². The Morgan fingerprint density at radius 2 is 1.83 bits per heavy atom. The van der Waals surface area contributed by atoms with Crippen LogP contribution in [-0.2, 0) is 32.9 Å². The topological polar surface area (TPSA) is 92.8 Å². The molecule has 2 aromatic rings. The molecule has 9 heteroatoms. The van der Waals surface area contributed by atoms with Crippen LogP contribution in [0.4, 0.5) is 11.4 Å². The molecular formula is C20H26N2O5S2. The maximum absolute atomic E-state index is 13.0. The van der Waals surface area contributed by atoms with Crippen LogP contribution in [-0.4, -0.2) is 36.2 Å². The summed E-state index contributed by atoms with van der Waals surface area (Å²) in [7, 11) is -5.92. The second kappa shape index (κ2) is 8.23. The first-order valence-corrected chi connectivity index (χ1v) is 12.6. The van der Waals surface area contributed by atoms with Gasteiger partial charge in [-0.05, 0) is 61.6 Å². The van der Waals surface area contributed by atoms with Gasteiger partial charge in [-0.25, -0.2) is 16.8 Å². The van der Waals surface area contributed by atoms with Gasteiger partial charge in [-0.1, -0.05) is 19.1 Å². The van der Waals surface area contributed by atoms with Crippen molar-refractivity contribution in [2.24, 2.45) is 0 Å². The predicted octanol–water partition coefficient (Wildman–Crippen LogP) is 3.16. The van der Waals surface area contributed by atoms with E-state index in [4.69, 9.17) is 4.74 Å². The number of hydrogen-bond acceptors (Lipinski definition) is 5. The standard InChI is InChI=1S/C20H26N2O5S2/c1-4-15-8-11-19(27-3)20(13-15)29(25,26)21-17-10-9-16-7-6-12-22(18(16)14-17)28(23,24)5-2/h8-11,13-14,21H,4-7,12H2,1-3H3. The summed E-state index contributed by atoms with van der Waals surface area (Å²) in [6.45, 7) is 3.94. The molecule has 1 N–H and O–H groups in total. The summed E-state index contributed by atoms with van der Waals surface area (Å²) in [5.74, 6) is 0.242. The van der Waals surface area contributed by atoms with Crippen LogP contribution in [0.2, 0.25) is 0 Å². The zero-order valence-electron chi connectivity index (χ0n) is 16.8. The summed E-state index contributed by atoms with van der Waals surface area (Å²) in [5.41, 5.74) is 2.61. The van der Waals surface area contributed by atoms with E-state index < -0.39 is 20.0 Å². The van der Waals surface area contributed by atoms with Crippen molar-refractivity contribution in [3.8, 4) is 5.75 Å². The molecular weight excluding hydrogens is 412 g/mol. The Bertz CT molecular complexity index is 1110. The second-order valence-corrected chi connectivity index (χ2v) is 10.7. The number of sulfonamides is 2. The SMILES string of the molecule is CCc1ccc(OC)c(S(=O)(=O)Nc2ccc3c(c2)N(S(=O)(=O)CC)CCC3)c1. The first-order valence-electron chi connectivity index (χ1n) is 9.55. The largest absolute Gasteiger partial charge is 0.495 e. The number of ether oxygens (including phenoxy) is 1. The Hall–Kier alpha value is -2.26. The van der Waals surface area contributed by atoms with Crippen molar-refractivity contribution >= 4 is 31.4 Å². The number of nitrogens with one attached hydrogen (secondary N) is 1. The summed E-state index contributed by atoms with van der Waals surface area (Å²) < 4.78 is 60.2. The third-order valence-corrected chi connectivity index (χ3v) is 8.22. The second-order valence-electron chi connectivity index (χ2n) is 6.86. The van der Waals surface area contributed by atoms with Crippen molar-refractivity contribution in [2.75, 3.05) is 28.4 Å². The molecule has 2 aromatic carbocycles. The van der Waals surface area contributed by atoms with Crippen LogP contribution in [0.3, 0.4) is 0 Å².